The van der Waals surface area contributed by atoms with Crippen LogP contribution >= 0.6 is 0 Å². The van der Waals surface area contributed by atoms with E-state index in [0.717, 1.165) is 53.6 Å². The number of allylic oxidation sites excluding steroid dienone is 1. The number of H-pyrrole nitrogens is 1. The van der Waals surface area contributed by atoms with Crippen molar-refractivity contribution in [1.29, 1.82) is 0 Å². The van der Waals surface area contributed by atoms with Gasteiger partial charge < -0.3 is 9.64 Å². The SMILES string of the molecule is CCOC(=O)/C=C1\C2C3CCCC(CC3)C2C(=O)N1Cc1ccc(-c2ccccc2-c2nn[nH]n2)cc1. The van der Waals surface area contributed by atoms with Gasteiger partial charge in [0.2, 0.25) is 11.7 Å². The Balaban J connectivity index is 1.30. The van der Waals surface area contributed by atoms with Gasteiger partial charge in [0.1, 0.15) is 0 Å². The van der Waals surface area contributed by atoms with E-state index in [4.69, 9.17) is 4.74 Å². The van der Waals surface area contributed by atoms with Gasteiger partial charge in [-0.15, -0.1) is 10.2 Å². The third-order valence-electron chi connectivity index (χ3n) is 8.34. The number of amides is 1. The highest BCUT2D eigenvalue weighted by Gasteiger charge is 2.54. The summed E-state index contributed by atoms with van der Waals surface area (Å²) in [6.45, 7) is 2.58. The number of carbonyl (C=O) groups excluding carboxylic acids is 2. The van der Waals surface area contributed by atoms with Crippen molar-refractivity contribution in [3.8, 4) is 22.5 Å². The first-order valence-electron chi connectivity index (χ1n) is 13.3. The van der Waals surface area contributed by atoms with Crippen LogP contribution in [0.15, 0.2) is 60.3 Å². The van der Waals surface area contributed by atoms with Crippen LogP contribution in [0.2, 0.25) is 0 Å². The first-order valence-corrected chi connectivity index (χ1v) is 13.3. The maximum absolute atomic E-state index is 13.8. The molecule has 1 saturated heterocycles. The summed E-state index contributed by atoms with van der Waals surface area (Å²) in [4.78, 5) is 28.2. The molecular formula is C29H31N5O3. The minimum Gasteiger partial charge on any atom is -0.463 e. The second kappa shape index (κ2) is 9.92. The molecule has 2 aromatic carbocycles. The van der Waals surface area contributed by atoms with Gasteiger partial charge in [-0.25, -0.2) is 4.79 Å². The molecule has 1 aromatic heterocycles. The molecule has 8 nitrogen and oxygen atoms in total. The molecule has 1 amide bonds. The van der Waals surface area contributed by atoms with Gasteiger partial charge in [-0.2, -0.15) is 5.21 Å². The fourth-order valence-corrected chi connectivity index (χ4v) is 6.76. The number of tetrazole rings is 1. The Morgan fingerprint density at radius 1 is 1.03 bits per heavy atom. The third-order valence-corrected chi connectivity index (χ3v) is 8.34. The minimum atomic E-state index is -0.357. The van der Waals surface area contributed by atoms with Crippen molar-refractivity contribution in [2.75, 3.05) is 6.61 Å². The Morgan fingerprint density at radius 3 is 2.46 bits per heavy atom. The van der Waals surface area contributed by atoms with Crippen molar-refractivity contribution < 1.29 is 14.3 Å². The van der Waals surface area contributed by atoms with E-state index in [0.29, 0.717) is 30.8 Å². The molecule has 190 valence electrons. The zero-order valence-corrected chi connectivity index (χ0v) is 21.0. The van der Waals surface area contributed by atoms with Crippen LogP contribution in [-0.4, -0.2) is 44.0 Å². The predicted octanol–water partition coefficient (Wildman–Crippen LogP) is 4.77. The summed E-state index contributed by atoms with van der Waals surface area (Å²) in [6, 6.07) is 16.2. The molecule has 4 atom stereocenters. The maximum Gasteiger partial charge on any atom is 0.332 e. The Morgan fingerprint density at radius 2 is 1.76 bits per heavy atom. The van der Waals surface area contributed by atoms with Crippen molar-refractivity contribution in [2.24, 2.45) is 23.7 Å². The molecule has 0 spiro atoms. The summed E-state index contributed by atoms with van der Waals surface area (Å²) in [5.41, 5.74) is 4.81. The van der Waals surface area contributed by atoms with Crippen LogP contribution in [-0.2, 0) is 20.9 Å². The van der Waals surface area contributed by atoms with E-state index >= 15 is 0 Å². The van der Waals surface area contributed by atoms with Crippen molar-refractivity contribution in [1.82, 2.24) is 25.5 Å². The third kappa shape index (κ3) is 4.34. The highest BCUT2D eigenvalue weighted by molar-refractivity contribution is 5.90. The number of esters is 1. The van der Waals surface area contributed by atoms with Crippen LogP contribution in [0.3, 0.4) is 0 Å². The van der Waals surface area contributed by atoms with Gasteiger partial charge in [-0.05, 0) is 66.3 Å². The van der Waals surface area contributed by atoms with Gasteiger partial charge in [0, 0.05) is 29.2 Å². The lowest BCUT2D eigenvalue weighted by Gasteiger charge is -2.34. The average molecular weight is 498 g/mol. The Labute approximate surface area is 216 Å². The van der Waals surface area contributed by atoms with E-state index in [1.54, 1.807) is 6.08 Å². The number of aromatic nitrogens is 4. The second-order valence-corrected chi connectivity index (χ2v) is 10.3. The van der Waals surface area contributed by atoms with Crippen LogP contribution in [0.25, 0.3) is 22.5 Å². The molecule has 0 radical (unpaired) electrons. The van der Waals surface area contributed by atoms with Gasteiger partial charge >= 0.3 is 5.97 Å². The number of hydrogen-bond acceptors (Lipinski definition) is 6. The van der Waals surface area contributed by atoms with Crippen molar-refractivity contribution in [3.05, 3.63) is 65.9 Å². The molecule has 1 aliphatic heterocycles. The molecule has 4 aliphatic rings. The molecule has 4 unspecified atom stereocenters. The van der Waals surface area contributed by atoms with Crippen LogP contribution < -0.4 is 0 Å². The molecule has 2 heterocycles. The van der Waals surface area contributed by atoms with Crippen molar-refractivity contribution >= 4 is 11.9 Å². The number of hydrogen-bond donors (Lipinski definition) is 1. The number of aromatic amines is 1. The number of benzene rings is 2. The zero-order valence-electron chi connectivity index (χ0n) is 21.0. The lowest BCUT2D eigenvalue weighted by Crippen LogP contribution is -2.33. The number of nitrogens with one attached hydrogen (secondary N) is 1. The van der Waals surface area contributed by atoms with Crippen molar-refractivity contribution in [2.45, 2.75) is 45.6 Å². The molecule has 2 bridgehead atoms. The number of fused-ring (bicyclic) bond motifs is 3. The molecular weight excluding hydrogens is 466 g/mol. The second-order valence-electron chi connectivity index (χ2n) is 10.3. The van der Waals surface area contributed by atoms with Gasteiger partial charge in [0.05, 0.1) is 13.2 Å². The quantitative estimate of drug-likeness (QED) is 0.389. The van der Waals surface area contributed by atoms with Crippen LogP contribution in [0, 0.1) is 23.7 Å². The fraction of sp³-hybridized carbons (Fsp3) is 0.414. The van der Waals surface area contributed by atoms with E-state index < -0.39 is 0 Å². The molecule has 4 fully saturated rings. The average Bonchev–Trinajstić information content (AvgIpc) is 3.41. The molecule has 3 saturated carbocycles. The molecule has 7 rings (SSSR count). The predicted molar refractivity (Wildman–Crippen MR) is 137 cm³/mol. The Hall–Kier alpha value is -3.81. The monoisotopic (exact) mass is 497 g/mol. The number of likely N-dealkylation sites (tertiary alicyclic amines) is 1. The maximum atomic E-state index is 13.8. The summed E-state index contributed by atoms with van der Waals surface area (Å²) in [7, 11) is 0. The van der Waals surface area contributed by atoms with Gasteiger partial charge in [0.15, 0.2) is 0 Å². The lowest BCUT2D eigenvalue weighted by atomic mass is 9.68. The van der Waals surface area contributed by atoms with E-state index in [2.05, 4.69) is 44.9 Å². The minimum absolute atomic E-state index is 0.0111. The molecule has 3 aromatic rings. The molecule has 37 heavy (non-hydrogen) atoms. The van der Waals surface area contributed by atoms with Crippen LogP contribution in [0.1, 0.15) is 44.6 Å². The largest absolute Gasteiger partial charge is 0.463 e. The first kappa shape index (κ1) is 23.6. The molecule has 3 aliphatic carbocycles. The van der Waals surface area contributed by atoms with Gasteiger partial charge in [0.25, 0.3) is 0 Å². The van der Waals surface area contributed by atoms with Crippen LogP contribution in [0.4, 0.5) is 0 Å². The van der Waals surface area contributed by atoms with E-state index in [9.17, 15) is 9.59 Å². The summed E-state index contributed by atoms with van der Waals surface area (Å²) >= 11 is 0. The molecule has 8 heteroatoms. The first-order chi connectivity index (χ1) is 18.1. The normalized spacial score (nSPS) is 25.8. The van der Waals surface area contributed by atoms with Gasteiger partial charge in [-0.3, -0.25) is 4.79 Å². The Kier molecular flexibility index (Phi) is 6.32. The van der Waals surface area contributed by atoms with E-state index in [-0.39, 0.29) is 23.7 Å². The van der Waals surface area contributed by atoms with E-state index in [1.807, 2.05) is 36.1 Å². The number of nitrogens with zero attached hydrogens (tertiary/aromatic N) is 4. The zero-order chi connectivity index (χ0) is 25.4. The van der Waals surface area contributed by atoms with Gasteiger partial charge in [-0.1, -0.05) is 55.0 Å². The summed E-state index contributed by atoms with van der Waals surface area (Å²) in [5, 5.41) is 14.5. The summed E-state index contributed by atoms with van der Waals surface area (Å²) in [6.07, 6.45) is 7.28. The number of ether oxygens (including phenoxy) is 1. The topological polar surface area (TPSA) is 101 Å². The number of carbonyl (C=O) groups is 2. The van der Waals surface area contributed by atoms with E-state index in [1.165, 1.54) is 6.42 Å². The lowest BCUT2D eigenvalue weighted by molar-refractivity contribution is -0.137. The Bertz CT molecular complexity index is 1310. The smallest absolute Gasteiger partial charge is 0.332 e. The summed E-state index contributed by atoms with van der Waals surface area (Å²) in [5.74, 6) is 1.35. The standard InChI is InChI=1S/C29H31N5O3/c1-2-37-25(35)16-24-26-20-6-5-7-21(15-14-20)27(26)29(36)34(24)17-18-10-12-19(13-11-18)22-8-3-4-9-23(22)28-30-32-33-31-28/h3-4,8-13,16,20-21,26-27H,2,5-7,14-15,17H2,1H3,(H,30,31,32,33)/b24-16+. The number of rotatable bonds is 6. The molecule has 1 N–H and O–H groups in total. The summed E-state index contributed by atoms with van der Waals surface area (Å²) < 4.78 is 5.27. The van der Waals surface area contributed by atoms with Crippen molar-refractivity contribution in [3.63, 3.8) is 0 Å². The highest BCUT2D eigenvalue weighted by Crippen LogP contribution is 2.54. The highest BCUT2D eigenvalue weighted by atomic mass is 16.5. The fourth-order valence-electron chi connectivity index (χ4n) is 6.76. The van der Waals surface area contributed by atoms with Crippen LogP contribution in [0.5, 0.6) is 0 Å².